The highest BCUT2D eigenvalue weighted by Crippen LogP contribution is 2.34. The number of amides is 1. The van der Waals surface area contributed by atoms with Crippen molar-refractivity contribution in [1.29, 1.82) is 0 Å². The number of hydrogen-bond donors (Lipinski definition) is 1. The number of benzene rings is 1. The van der Waals surface area contributed by atoms with Crippen LogP contribution in [0.4, 0.5) is 5.69 Å². The van der Waals surface area contributed by atoms with Crippen LogP contribution in [0.2, 0.25) is 0 Å². The van der Waals surface area contributed by atoms with Crippen molar-refractivity contribution in [2.45, 2.75) is 32.4 Å². The molecule has 0 spiro atoms. The summed E-state index contributed by atoms with van der Waals surface area (Å²) in [6, 6.07) is 6.71. The van der Waals surface area contributed by atoms with E-state index in [1.807, 2.05) is 13.1 Å². The van der Waals surface area contributed by atoms with Gasteiger partial charge < -0.3 is 15.0 Å². The zero-order valence-electron chi connectivity index (χ0n) is 13.6. The van der Waals surface area contributed by atoms with Gasteiger partial charge in [-0.3, -0.25) is 9.69 Å². The van der Waals surface area contributed by atoms with Crippen molar-refractivity contribution in [2.24, 2.45) is 0 Å². The Hall–Kier alpha value is -1.59. The van der Waals surface area contributed by atoms with Gasteiger partial charge in [-0.15, -0.1) is 0 Å². The first-order valence-electron chi connectivity index (χ1n) is 8.08. The highest BCUT2D eigenvalue weighted by molar-refractivity contribution is 5.99. The summed E-state index contributed by atoms with van der Waals surface area (Å²) in [6.07, 6.45) is 0.591. The van der Waals surface area contributed by atoms with E-state index in [-0.39, 0.29) is 5.91 Å². The lowest BCUT2D eigenvalue weighted by atomic mass is 10.0. The molecule has 22 heavy (non-hydrogen) atoms. The second-order valence-electron chi connectivity index (χ2n) is 6.30. The highest BCUT2D eigenvalue weighted by atomic mass is 16.5. The smallest absolute Gasteiger partial charge is 0.267 e. The predicted molar refractivity (Wildman–Crippen MR) is 87.6 cm³/mol. The van der Waals surface area contributed by atoms with Crippen LogP contribution in [-0.4, -0.2) is 56.2 Å². The Labute approximate surface area is 132 Å². The van der Waals surface area contributed by atoms with Crippen LogP contribution < -0.4 is 15.0 Å². The van der Waals surface area contributed by atoms with Crippen LogP contribution >= 0.6 is 0 Å². The van der Waals surface area contributed by atoms with Gasteiger partial charge in [0.15, 0.2) is 6.10 Å². The van der Waals surface area contributed by atoms with Crippen LogP contribution in [0.5, 0.6) is 5.75 Å². The number of anilines is 1. The van der Waals surface area contributed by atoms with E-state index in [1.54, 1.807) is 11.8 Å². The van der Waals surface area contributed by atoms with Gasteiger partial charge in [-0.25, -0.2) is 0 Å². The van der Waals surface area contributed by atoms with Gasteiger partial charge in [0.25, 0.3) is 5.91 Å². The quantitative estimate of drug-likeness (QED) is 0.913. The van der Waals surface area contributed by atoms with E-state index in [9.17, 15) is 4.79 Å². The summed E-state index contributed by atoms with van der Waals surface area (Å²) in [5.41, 5.74) is 2.13. The van der Waals surface area contributed by atoms with E-state index in [1.165, 1.54) is 5.56 Å². The maximum absolute atomic E-state index is 12.1. The molecule has 1 aromatic rings. The predicted octanol–water partition coefficient (Wildman–Crippen LogP) is 1.27. The van der Waals surface area contributed by atoms with Gasteiger partial charge in [0.05, 0.1) is 5.69 Å². The fourth-order valence-electron chi connectivity index (χ4n) is 3.28. The number of ether oxygens (including phenoxy) is 1. The number of piperazine rings is 1. The molecule has 1 aromatic carbocycles. The zero-order valence-corrected chi connectivity index (χ0v) is 13.6. The van der Waals surface area contributed by atoms with E-state index in [0.717, 1.165) is 44.0 Å². The van der Waals surface area contributed by atoms with Crippen molar-refractivity contribution in [3.63, 3.8) is 0 Å². The Morgan fingerprint density at radius 3 is 2.82 bits per heavy atom. The highest BCUT2D eigenvalue weighted by Gasteiger charge is 2.29. The SMILES string of the molecule is CC1Oc2ccc(CC(C)N3CCNCC3)cc2N(C)C1=O. The maximum atomic E-state index is 12.1. The van der Waals surface area contributed by atoms with Crippen molar-refractivity contribution in [3.05, 3.63) is 23.8 Å². The molecule has 2 unspecified atom stereocenters. The second-order valence-corrected chi connectivity index (χ2v) is 6.30. The van der Waals surface area contributed by atoms with E-state index < -0.39 is 6.10 Å². The summed E-state index contributed by atoms with van der Waals surface area (Å²) >= 11 is 0. The Bertz CT molecular complexity index is 555. The lowest BCUT2D eigenvalue weighted by molar-refractivity contribution is -0.125. The Morgan fingerprint density at radius 2 is 2.09 bits per heavy atom. The van der Waals surface area contributed by atoms with Crippen LogP contribution in [0.25, 0.3) is 0 Å². The Balaban J connectivity index is 1.74. The molecule has 1 amide bonds. The van der Waals surface area contributed by atoms with Crippen molar-refractivity contribution in [3.8, 4) is 5.75 Å². The number of nitrogens with zero attached hydrogens (tertiary/aromatic N) is 2. The third-order valence-corrected chi connectivity index (χ3v) is 4.67. The summed E-state index contributed by atoms with van der Waals surface area (Å²) < 4.78 is 5.68. The fourth-order valence-corrected chi connectivity index (χ4v) is 3.28. The molecule has 2 aliphatic rings. The lowest BCUT2D eigenvalue weighted by Gasteiger charge is -2.34. The van der Waals surface area contributed by atoms with Gasteiger partial charge in [-0.05, 0) is 38.0 Å². The van der Waals surface area contributed by atoms with E-state index in [2.05, 4.69) is 29.3 Å². The number of fused-ring (bicyclic) bond motifs is 1. The van der Waals surface area contributed by atoms with Crippen LogP contribution in [0.15, 0.2) is 18.2 Å². The van der Waals surface area contributed by atoms with Gasteiger partial charge in [-0.2, -0.15) is 0 Å². The molecule has 120 valence electrons. The van der Waals surface area contributed by atoms with Gasteiger partial charge in [-0.1, -0.05) is 6.07 Å². The minimum absolute atomic E-state index is 0.0137. The summed E-state index contributed by atoms with van der Waals surface area (Å²) in [4.78, 5) is 16.3. The number of carbonyl (C=O) groups excluding carboxylic acids is 1. The third kappa shape index (κ3) is 2.96. The average molecular weight is 303 g/mol. The molecule has 5 nitrogen and oxygen atoms in total. The summed E-state index contributed by atoms with van der Waals surface area (Å²) in [6.45, 7) is 8.41. The van der Waals surface area contributed by atoms with E-state index in [0.29, 0.717) is 6.04 Å². The van der Waals surface area contributed by atoms with Gasteiger partial charge in [0.1, 0.15) is 5.75 Å². The number of carbonyl (C=O) groups is 1. The third-order valence-electron chi connectivity index (χ3n) is 4.67. The van der Waals surface area contributed by atoms with Crippen molar-refractivity contribution >= 4 is 11.6 Å². The number of nitrogens with one attached hydrogen (secondary N) is 1. The standard InChI is InChI=1S/C17H25N3O2/c1-12(20-8-6-18-7-9-20)10-14-4-5-16-15(11-14)19(3)17(21)13(2)22-16/h4-5,11-13,18H,6-10H2,1-3H3. The molecule has 2 heterocycles. The first kappa shape index (κ1) is 15.3. The fraction of sp³-hybridized carbons (Fsp3) is 0.588. The largest absolute Gasteiger partial charge is 0.479 e. The average Bonchev–Trinajstić information content (AvgIpc) is 2.54. The molecule has 5 heteroatoms. The Morgan fingerprint density at radius 1 is 1.36 bits per heavy atom. The molecular formula is C17H25N3O2. The molecular weight excluding hydrogens is 278 g/mol. The molecule has 1 N–H and O–H groups in total. The minimum atomic E-state index is -0.400. The van der Waals surface area contributed by atoms with E-state index in [4.69, 9.17) is 4.74 Å². The summed E-state index contributed by atoms with van der Waals surface area (Å²) in [5, 5.41) is 3.39. The molecule has 0 aromatic heterocycles. The molecule has 1 fully saturated rings. The topological polar surface area (TPSA) is 44.8 Å². The van der Waals surface area contributed by atoms with Gasteiger partial charge >= 0.3 is 0 Å². The molecule has 0 saturated carbocycles. The molecule has 1 saturated heterocycles. The monoisotopic (exact) mass is 303 g/mol. The van der Waals surface area contributed by atoms with Crippen LogP contribution in [0.3, 0.4) is 0 Å². The van der Waals surface area contributed by atoms with Crippen molar-refractivity contribution in [2.75, 3.05) is 38.1 Å². The minimum Gasteiger partial charge on any atom is -0.479 e. The van der Waals surface area contributed by atoms with Crippen molar-refractivity contribution in [1.82, 2.24) is 10.2 Å². The van der Waals surface area contributed by atoms with Crippen LogP contribution in [0, 0.1) is 0 Å². The summed E-state index contributed by atoms with van der Waals surface area (Å²) in [7, 11) is 1.82. The molecule has 0 aliphatic carbocycles. The van der Waals surface area contributed by atoms with Crippen LogP contribution in [-0.2, 0) is 11.2 Å². The summed E-state index contributed by atoms with van der Waals surface area (Å²) in [5.74, 6) is 0.813. The number of hydrogen-bond acceptors (Lipinski definition) is 4. The van der Waals surface area contributed by atoms with Crippen molar-refractivity contribution < 1.29 is 9.53 Å². The second kappa shape index (κ2) is 6.26. The Kier molecular flexibility index (Phi) is 4.36. The first-order valence-corrected chi connectivity index (χ1v) is 8.08. The zero-order chi connectivity index (χ0) is 15.7. The molecule has 2 aliphatic heterocycles. The molecule has 2 atom stereocenters. The van der Waals surface area contributed by atoms with Gasteiger partial charge in [0, 0.05) is 39.3 Å². The molecule has 0 radical (unpaired) electrons. The number of likely N-dealkylation sites (N-methyl/N-ethyl adjacent to an activating group) is 1. The normalized spacial score (nSPS) is 23.9. The maximum Gasteiger partial charge on any atom is 0.267 e. The van der Waals surface area contributed by atoms with Gasteiger partial charge in [0.2, 0.25) is 0 Å². The number of rotatable bonds is 3. The first-order chi connectivity index (χ1) is 10.6. The van der Waals surface area contributed by atoms with E-state index >= 15 is 0 Å². The van der Waals surface area contributed by atoms with Crippen LogP contribution in [0.1, 0.15) is 19.4 Å². The molecule has 0 bridgehead atoms. The molecule has 3 rings (SSSR count). The lowest BCUT2D eigenvalue weighted by Crippen LogP contribution is -2.48.